The number of nitro groups is 1. The molecule has 0 radical (unpaired) electrons. The van der Waals surface area contributed by atoms with Crippen LogP contribution in [0, 0.1) is 10.1 Å². The van der Waals surface area contributed by atoms with E-state index in [1.54, 1.807) is 0 Å². The summed E-state index contributed by atoms with van der Waals surface area (Å²) in [5.74, 6) is -1.32. The van der Waals surface area contributed by atoms with Gasteiger partial charge in [0.1, 0.15) is 11.4 Å². The highest BCUT2D eigenvalue weighted by atomic mass is 35.5. The van der Waals surface area contributed by atoms with Crippen LogP contribution < -0.4 is 11.5 Å². The number of nitrogens with zero attached hydrogens (tertiary/aromatic N) is 1. The van der Waals surface area contributed by atoms with Crippen molar-refractivity contribution >= 4 is 34.4 Å². The molecule has 0 amide bonds. The number of non-ortho nitro benzene ring substituents is 1. The SMILES string of the molecule is NCC(C(Cl)C(N)C(=O)O)[S+]([O-])c1ccc([N+](=O)[O-])cc1. The first-order chi connectivity index (χ1) is 9.79. The van der Waals surface area contributed by atoms with Crippen LogP contribution in [-0.2, 0) is 16.0 Å². The first-order valence-electron chi connectivity index (χ1n) is 5.77. The summed E-state index contributed by atoms with van der Waals surface area (Å²) in [4.78, 5) is 21.0. The van der Waals surface area contributed by atoms with Crippen molar-refractivity contribution in [2.75, 3.05) is 6.54 Å². The number of hydrogen-bond donors (Lipinski definition) is 3. The average Bonchev–Trinajstić information content (AvgIpc) is 2.46. The molecule has 0 spiro atoms. The molecule has 0 aromatic heterocycles. The molecule has 21 heavy (non-hydrogen) atoms. The molecular weight excluding hydrogens is 322 g/mol. The van der Waals surface area contributed by atoms with Gasteiger partial charge in [-0.25, -0.2) is 0 Å². The highest BCUT2D eigenvalue weighted by Gasteiger charge is 2.38. The minimum atomic E-state index is -1.73. The Morgan fingerprint density at radius 3 is 2.33 bits per heavy atom. The van der Waals surface area contributed by atoms with Gasteiger partial charge in [0.2, 0.25) is 0 Å². The molecule has 0 fully saturated rings. The molecule has 0 aliphatic heterocycles. The Labute approximate surface area is 128 Å². The number of aliphatic carboxylic acids is 1. The second-order valence-electron chi connectivity index (χ2n) is 4.13. The predicted octanol–water partition coefficient (Wildman–Crippen LogP) is 0.0490. The van der Waals surface area contributed by atoms with Gasteiger partial charge in [0.05, 0.1) is 4.92 Å². The number of nitrogens with two attached hydrogens (primary N) is 2. The van der Waals surface area contributed by atoms with E-state index in [0.717, 1.165) is 0 Å². The highest BCUT2D eigenvalue weighted by molar-refractivity contribution is 7.92. The lowest BCUT2D eigenvalue weighted by Gasteiger charge is -2.25. The first kappa shape index (κ1) is 17.7. The fourth-order valence-corrected chi connectivity index (χ4v) is 3.40. The number of halogens is 1. The van der Waals surface area contributed by atoms with Crippen LogP contribution >= 0.6 is 11.6 Å². The normalized spacial score (nSPS) is 16.8. The molecule has 4 atom stereocenters. The minimum absolute atomic E-state index is 0.140. The Kier molecular flexibility index (Phi) is 6.37. The Hall–Kier alpha value is -1.39. The molecule has 10 heteroatoms. The van der Waals surface area contributed by atoms with Crippen LogP contribution in [0.25, 0.3) is 0 Å². The van der Waals surface area contributed by atoms with Crippen molar-refractivity contribution in [1.29, 1.82) is 0 Å². The van der Waals surface area contributed by atoms with Crippen LogP contribution in [0.4, 0.5) is 5.69 Å². The summed E-state index contributed by atoms with van der Waals surface area (Å²) in [6, 6.07) is 3.60. The quantitative estimate of drug-likeness (QED) is 0.275. The molecule has 0 saturated carbocycles. The first-order valence-corrected chi connectivity index (χ1v) is 7.42. The van der Waals surface area contributed by atoms with Gasteiger partial charge >= 0.3 is 5.97 Å². The van der Waals surface area contributed by atoms with E-state index in [9.17, 15) is 19.5 Å². The lowest BCUT2D eigenvalue weighted by Crippen LogP contribution is -2.50. The van der Waals surface area contributed by atoms with E-state index in [0.29, 0.717) is 0 Å². The van der Waals surface area contributed by atoms with Gasteiger partial charge in [0.15, 0.2) is 10.1 Å². The summed E-state index contributed by atoms with van der Waals surface area (Å²) in [7, 11) is 0. The smallest absolute Gasteiger partial charge is 0.322 e. The van der Waals surface area contributed by atoms with Crippen molar-refractivity contribution in [2.24, 2.45) is 11.5 Å². The monoisotopic (exact) mass is 335 g/mol. The molecule has 0 aliphatic carbocycles. The second-order valence-corrected chi connectivity index (χ2v) is 6.31. The lowest BCUT2D eigenvalue weighted by molar-refractivity contribution is -0.384. The molecule has 0 saturated heterocycles. The number of alkyl halides is 1. The number of hydrogen-bond acceptors (Lipinski definition) is 6. The van der Waals surface area contributed by atoms with Crippen molar-refractivity contribution in [3.05, 3.63) is 34.4 Å². The van der Waals surface area contributed by atoms with E-state index < -0.39 is 38.7 Å². The van der Waals surface area contributed by atoms with Crippen LogP contribution in [-0.4, -0.2) is 43.8 Å². The van der Waals surface area contributed by atoms with E-state index in [2.05, 4.69) is 0 Å². The standard InChI is InChI=1S/C11H14ClN3O5S/c12-9(10(14)11(16)17)8(5-13)21(20)7-3-1-6(2-4-7)15(18)19/h1-4,8-10H,5,13-14H2,(H,16,17). The number of rotatable bonds is 7. The summed E-state index contributed by atoms with van der Waals surface area (Å²) >= 11 is 4.20. The summed E-state index contributed by atoms with van der Waals surface area (Å²) < 4.78 is 12.4. The van der Waals surface area contributed by atoms with Crippen LogP contribution in [0.3, 0.4) is 0 Å². The van der Waals surface area contributed by atoms with Crippen molar-refractivity contribution < 1.29 is 19.4 Å². The van der Waals surface area contributed by atoms with Crippen molar-refractivity contribution in [3.8, 4) is 0 Å². The zero-order valence-corrected chi connectivity index (χ0v) is 12.3. The maximum absolute atomic E-state index is 12.4. The zero-order chi connectivity index (χ0) is 16.2. The molecule has 116 valence electrons. The average molecular weight is 336 g/mol. The molecule has 0 aliphatic rings. The lowest BCUT2D eigenvalue weighted by atomic mass is 10.1. The topological polar surface area (TPSA) is 156 Å². The fraction of sp³-hybridized carbons (Fsp3) is 0.364. The van der Waals surface area contributed by atoms with Gasteiger partial charge in [-0.05, 0) is 23.3 Å². The summed E-state index contributed by atoms with van der Waals surface area (Å²) in [5.41, 5.74) is 10.8. The van der Waals surface area contributed by atoms with Gasteiger partial charge in [0, 0.05) is 18.7 Å². The summed E-state index contributed by atoms with van der Waals surface area (Å²) in [5, 5.41) is 17.3. The number of carboxylic acids is 1. The third-order valence-electron chi connectivity index (χ3n) is 2.77. The third-order valence-corrected chi connectivity index (χ3v) is 5.27. The van der Waals surface area contributed by atoms with Gasteiger partial charge < -0.3 is 21.1 Å². The Morgan fingerprint density at radius 1 is 1.43 bits per heavy atom. The van der Waals surface area contributed by atoms with Gasteiger partial charge in [-0.3, -0.25) is 14.9 Å². The number of carboxylic acid groups (broad SMARTS) is 1. The van der Waals surface area contributed by atoms with E-state index >= 15 is 0 Å². The number of carbonyl (C=O) groups is 1. The predicted molar refractivity (Wildman–Crippen MR) is 77.6 cm³/mol. The van der Waals surface area contributed by atoms with Gasteiger partial charge in [0.25, 0.3) is 5.69 Å². The number of nitro benzene ring substituents is 1. The number of benzene rings is 1. The van der Waals surface area contributed by atoms with Crippen molar-refractivity contribution in [1.82, 2.24) is 0 Å². The zero-order valence-electron chi connectivity index (χ0n) is 10.7. The van der Waals surface area contributed by atoms with E-state index in [1.165, 1.54) is 24.3 Å². The highest BCUT2D eigenvalue weighted by Crippen LogP contribution is 2.24. The largest absolute Gasteiger partial charge is 0.611 e. The molecule has 1 rings (SSSR count). The van der Waals surface area contributed by atoms with Crippen LogP contribution in [0.5, 0.6) is 0 Å². The van der Waals surface area contributed by atoms with Crippen LogP contribution in [0.15, 0.2) is 29.2 Å². The Morgan fingerprint density at radius 2 is 1.95 bits per heavy atom. The summed E-state index contributed by atoms with van der Waals surface area (Å²) in [6.45, 7) is -0.140. The Bertz CT molecular complexity index is 515. The van der Waals surface area contributed by atoms with Crippen molar-refractivity contribution in [3.63, 3.8) is 0 Å². The van der Waals surface area contributed by atoms with Gasteiger partial charge in [-0.15, -0.1) is 11.6 Å². The molecule has 0 bridgehead atoms. The Balaban J connectivity index is 2.94. The van der Waals surface area contributed by atoms with Gasteiger partial charge in [-0.1, -0.05) is 0 Å². The van der Waals surface area contributed by atoms with Crippen molar-refractivity contribution in [2.45, 2.75) is 21.6 Å². The molecule has 1 aromatic carbocycles. The maximum Gasteiger partial charge on any atom is 0.322 e. The van der Waals surface area contributed by atoms with E-state index in [1.807, 2.05) is 0 Å². The molecule has 4 unspecified atom stereocenters. The van der Waals surface area contributed by atoms with Crippen LogP contribution in [0.1, 0.15) is 0 Å². The third kappa shape index (κ3) is 4.29. The molecule has 0 heterocycles. The molecule has 8 nitrogen and oxygen atoms in total. The maximum atomic E-state index is 12.4. The van der Waals surface area contributed by atoms with E-state index in [-0.39, 0.29) is 17.1 Å². The van der Waals surface area contributed by atoms with Gasteiger partial charge in [-0.2, -0.15) is 0 Å². The molecule has 1 aromatic rings. The molecule has 5 N–H and O–H groups in total. The second kappa shape index (κ2) is 7.57. The summed E-state index contributed by atoms with van der Waals surface area (Å²) in [6.07, 6.45) is 0. The minimum Gasteiger partial charge on any atom is -0.611 e. The molecular formula is C11H14ClN3O5S. The van der Waals surface area contributed by atoms with E-state index in [4.69, 9.17) is 28.2 Å². The van der Waals surface area contributed by atoms with Crippen LogP contribution in [0.2, 0.25) is 0 Å². The fourth-order valence-electron chi connectivity index (χ4n) is 1.58.